The van der Waals surface area contributed by atoms with Crippen LogP contribution < -0.4 is 22.8 Å². The molecule has 0 atom stereocenters. The maximum Gasteiger partial charge on any atom is 0.330 e. The molecule has 0 bridgehead atoms. The third-order valence-corrected chi connectivity index (χ3v) is 1.09. The highest BCUT2D eigenvalue weighted by atomic mass is 32.1. The molecule has 5 N–H and O–H groups in total. The zero-order valence-electron chi connectivity index (χ0n) is 7.83. The van der Waals surface area contributed by atoms with Gasteiger partial charge in [-0.2, -0.15) is 0 Å². The van der Waals surface area contributed by atoms with Crippen LogP contribution in [-0.2, 0) is 4.74 Å². The second kappa shape index (κ2) is 6.54. The largest absolute Gasteiger partial charge is 0.472 e. The Morgan fingerprint density at radius 1 is 1.20 bits per heavy atom. The molecule has 0 unspecified atom stereocenters. The first-order chi connectivity index (χ1) is 6.95. The molecule has 0 aliphatic carbocycles. The van der Waals surface area contributed by atoms with Gasteiger partial charge in [-0.1, -0.05) is 0 Å². The van der Waals surface area contributed by atoms with Crippen LogP contribution in [0.5, 0.6) is 0 Å². The number of nitrogens with one attached hydrogen (secondary N) is 3. The van der Waals surface area contributed by atoms with E-state index in [1.807, 2.05) is 6.92 Å². The van der Waals surface area contributed by atoms with Crippen LogP contribution in [0, 0.1) is 0 Å². The SMILES string of the molecule is CCOC(N)=S.O=c1[nH]c(=O)[nH]c(=O)[nH]1. The number of hydrogen-bond donors (Lipinski definition) is 4. The van der Waals surface area contributed by atoms with Crippen molar-refractivity contribution in [2.24, 2.45) is 5.73 Å². The van der Waals surface area contributed by atoms with Crippen LogP contribution >= 0.6 is 12.2 Å². The fourth-order valence-corrected chi connectivity index (χ4v) is 0.663. The van der Waals surface area contributed by atoms with Crippen molar-refractivity contribution in [1.82, 2.24) is 15.0 Å². The Morgan fingerprint density at radius 2 is 1.53 bits per heavy atom. The summed E-state index contributed by atoms with van der Waals surface area (Å²) in [6, 6.07) is 0. The van der Waals surface area contributed by atoms with Crippen LogP contribution in [0.3, 0.4) is 0 Å². The van der Waals surface area contributed by atoms with Gasteiger partial charge in [0.15, 0.2) is 0 Å². The van der Waals surface area contributed by atoms with Gasteiger partial charge in [0.2, 0.25) is 0 Å². The van der Waals surface area contributed by atoms with E-state index < -0.39 is 17.1 Å². The van der Waals surface area contributed by atoms with Gasteiger partial charge in [0.05, 0.1) is 6.61 Å². The van der Waals surface area contributed by atoms with E-state index in [1.165, 1.54) is 0 Å². The summed E-state index contributed by atoms with van der Waals surface area (Å²) in [6.07, 6.45) is 0. The van der Waals surface area contributed by atoms with Crippen molar-refractivity contribution >= 4 is 17.4 Å². The average molecular weight is 234 g/mol. The van der Waals surface area contributed by atoms with Crippen LogP contribution in [0.25, 0.3) is 0 Å². The number of aromatic amines is 3. The molecule has 1 heterocycles. The molecule has 0 aliphatic rings. The summed E-state index contributed by atoms with van der Waals surface area (Å²) < 4.78 is 4.55. The smallest absolute Gasteiger partial charge is 0.330 e. The van der Waals surface area contributed by atoms with Gasteiger partial charge in [-0.15, -0.1) is 0 Å². The highest BCUT2D eigenvalue weighted by Gasteiger charge is 1.85. The Labute approximate surface area is 88.5 Å². The molecule has 0 fully saturated rings. The lowest BCUT2D eigenvalue weighted by Crippen LogP contribution is -2.34. The molecule has 1 aromatic rings. The molecular weight excluding hydrogens is 224 g/mol. The molecule has 0 saturated carbocycles. The number of nitrogens with two attached hydrogens (primary N) is 1. The van der Waals surface area contributed by atoms with Gasteiger partial charge in [-0.25, -0.2) is 14.4 Å². The van der Waals surface area contributed by atoms with Crippen molar-refractivity contribution in [3.63, 3.8) is 0 Å². The minimum atomic E-state index is -0.802. The standard InChI is InChI=1S/C3H3N3O3.C3H7NOS/c7-1-4-2(8)6-3(9)5-1;1-2-5-3(4)6/h(H3,4,5,6,7,8,9);2H2,1H3,(H2,4,6). The summed E-state index contributed by atoms with van der Waals surface area (Å²) in [5.41, 5.74) is 2.51. The van der Waals surface area contributed by atoms with E-state index in [-0.39, 0.29) is 5.17 Å². The summed E-state index contributed by atoms with van der Waals surface area (Å²) >= 11 is 4.35. The van der Waals surface area contributed by atoms with Gasteiger partial charge < -0.3 is 10.5 Å². The minimum Gasteiger partial charge on any atom is -0.472 e. The predicted molar refractivity (Wildman–Crippen MR) is 56.7 cm³/mol. The molecule has 0 amide bonds. The highest BCUT2D eigenvalue weighted by Crippen LogP contribution is 1.67. The van der Waals surface area contributed by atoms with Gasteiger partial charge in [0.25, 0.3) is 5.17 Å². The van der Waals surface area contributed by atoms with Crippen LogP contribution in [-0.4, -0.2) is 26.7 Å². The number of H-pyrrole nitrogens is 3. The second-order valence-corrected chi connectivity index (χ2v) is 2.52. The van der Waals surface area contributed by atoms with Crippen molar-refractivity contribution in [3.8, 4) is 0 Å². The fourth-order valence-electron chi connectivity index (χ4n) is 0.545. The first-order valence-corrected chi connectivity index (χ1v) is 4.21. The molecule has 9 heteroatoms. The van der Waals surface area contributed by atoms with Gasteiger partial charge in [-0.3, -0.25) is 15.0 Å². The number of thiocarbonyl (C=S) groups is 1. The Kier molecular flexibility index (Phi) is 5.71. The number of rotatable bonds is 1. The van der Waals surface area contributed by atoms with Gasteiger partial charge in [-0.05, 0) is 19.1 Å². The molecule has 84 valence electrons. The summed E-state index contributed by atoms with van der Waals surface area (Å²) in [4.78, 5) is 35.9. The van der Waals surface area contributed by atoms with E-state index in [2.05, 4.69) is 17.0 Å². The normalized spacial score (nSPS) is 8.60. The quantitative estimate of drug-likeness (QED) is 0.416. The van der Waals surface area contributed by atoms with Crippen LogP contribution in [0.15, 0.2) is 14.4 Å². The number of hydrogen-bond acceptors (Lipinski definition) is 5. The summed E-state index contributed by atoms with van der Waals surface area (Å²) in [5, 5.41) is 0.123. The second-order valence-electron chi connectivity index (χ2n) is 2.11. The molecule has 0 aliphatic heterocycles. The maximum absolute atomic E-state index is 10.2. The topological polar surface area (TPSA) is 134 Å². The third kappa shape index (κ3) is 7.19. The zero-order chi connectivity index (χ0) is 11.8. The molecule has 8 nitrogen and oxygen atoms in total. The Hall–Kier alpha value is -1.90. The van der Waals surface area contributed by atoms with E-state index in [0.717, 1.165) is 0 Å². The Bertz CT molecular complexity index is 394. The van der Waals surface area contributed by atoms with Crippen molar-refractivity contribution in [2.75, 3.05) is 6.61 Å². The molecule has 1 rings (SSSR count). The first-order valence-electron chi connectivity index (χ1n) is 3.81. The van der Waals surface area contributed by atoms with Gasteiger partial charge in [0, 0.05) is 0 Å². The van der Waals surface area contributed by atoms with Gasteiger partial charge >= 0.3 is 17.1 Å². The summed E-state index contributed by atoms with van der Waals surface area (Å²) in [5.74, 6) is 0. The van der Waals surface area contributed by atoms with E-state index >= 15 is 0 Å². The van der Waals surface area contributed by atoms with Crippen molar-refractivity contribution in [3.05, 3.63) is 31.5 Å². The van der Waals surface area contributed by atoms with Crippen molar-refractivity contribution < 1.29 is 4.74 Å². The minimum absolute atomic E-state index is 0.123. The molecular formula is C6H10N4O4S. The van der Waals surface area contributed by atoms with Crippen molar-refractivity contribution in [2.45, 2.75) is 6.92 Å². The van der Waals surface area contributed by atoms with E-state index in [4.69, 9.17) is 5.73 Å². The Morgan fingerprint density at radius 3 is 1.67 bits per heavy atom. The Balaban J connectivity index is 0.000000288. The van der Waals surface area contributed by atoms with E-state index in [1.54, 1.807) is 15.0 Å². The third-order valence-electron chi connectivity index (χ3n) is 0.968. The number of ether oxygens (including phenoxy) is 1. The lowest BCUT2D eigenvalue weighted by atomic mass is 10.9. The zero-order valence-corrected chi connectivity index (χ0v) is 8.64. The lowest BCUT2D eigenvalue weighted by Gasteiger charge is -1.93. The summed E-state index contributed by atoms with van der Waals surface area (Å²) in [7, 11) is 0. The van der Waals surface area contributed by atoms with Crippen LogP contribution in [0.1, 0.15) is 6.92 Å². The molecule has 0 radical (unpaired) electrons. The molecule has 0 saturated heterocycles. The van der Waals surface area contributed by atoms with Crippen LogP contribution in [0.2, 0.25) is 0 Å². The lowest BCUT2D eigenvalue weighted by molar-refractivity contribution is 0.331. The first kappa shape index (κ1) is 13.1. The molecule has 15 heavy (non-hydrogen) atoms. The highest BCUT2D eigenvalue weighted by molar-refractivity contribution is 7.80. The van der Waals surface area contributed by atoms with Gasteiger partial charge in [0.1, 0.15) is 0 Å². The molecule has 0 spiro atoms. The average Bonchev–Trinajstić information content (AvgIpc) is 2.00. The summed E-state index contributed by atoms with van der Waals surface area (Å²) in [6.45, 7) is 2.40. The predicted octanol–water partition coefficient (Wildman–Crippen LogP) is -1.98. The maximum atomic E-state index is 10.2. The van der Waals surface area contributed by atoms with Crippen molar-refractivity contribution in [1.29, 1.82) is 0 Å². The van der Waals surface area contributed by atoms with E-state index in [9.17, 15) is 14.4 Å². The van der Waals surface area contributed by atoms with Crippen LogP contribution in [0.4, 0.5) is 0 Å². The monoisotopic (exact) mass is 234 g/mol. The molecule has 0 aromatic carbocycles. The molecule has 1 aromatic heterocycles. The fraction of sp³-hybridized carbons (Fsp3) is 0.333. The van der Waals surface area contributed by atoms with E-state index in [0.29, 0.717) is 6.61 Å². The number of aromatic nitrogens is 3.